The first-order valence-electron chi connectivity index (χ1n) is 7.31. The molecule has 1 aliphatic rings. The minimum atomic E-state index is 0.246. The molecule has 0 spiro atoms. The first-order valence-corrected chi connectivity index (χ1v) is 7.31. The molecule has 1 aliphatic heterocycles. The van der Waals surface area contributed by atoms with Gasteiger partial charge in [-0.25, -0.2) is 0 Å². The summed E-state index contributed by atoms with van der Waals surface area (Å²) in [5, 5.41) is 11.5. The average Bonchev–Trinajstić information content (AvgIpc) is 2.49. The molecule has 0 bridgehead atoms. The molecule has 1 unspecified atom stereocenters. The van der Waals surface area contributed by atoms with Crippen molar-refractivity contribution < 1.29 is 5.11 Å². The van der Waals surface area contributed by atoms with Gasteiger partial charge in [0.15, 0.2) is 0 Å². The summed E-state index contributed by atoms with van der Waals surface area (Å²) in [6.45, 7) is 1.29. The second-order valence-electron chi connectivity index (χ2n) is 5.45. The molecule has 3 N–H and O–H groups in total. The van der Waals surface area contributed by atoms with E-state index >= 15 is 0 Å². The summed E-state index contributed by atoms with van der Waals surface area (Å²) in [7, 11) is 0. The van der Waals surface area contributed by atoms with Crippen molar-refractivity contribution in [3.05, 3.63) is 30.6 Å². The van der Waals surface area contributed by atoms with Gasteiger partial charge in [-0.1, -0.05) is 0 Å². The Bertz CT molecular complexity index is 597. The number of aliphatic hydroxyl groups excluding tert-OH is 1. The van der Waals surface area contributed by atoms with Crippen LogP contribution in [0.5, 0.6) is 0 Å². The van der Waals surface area contributed by atoms with E-state index in [0.717, 1.165) is 35.8 Å². The highest BCUT2D eigenvalue weighted by molar-refractivity contribution is 6.00. The smallest absolute Gasteiger partial charge is 0.0451 e. The average molecular weight is 271 g/mol. The number of hydrogen-bond donors (Lipinski definition) is 2. The zero-order valence-electron chi connectivity index (χ0n) is 11.6. The Morgan fingerprint density at radius 2 is 2.15 bits per heavy atom. The summed E-state index contributed by atoms with van der Waals surface area (Å²) in [4.78, 5) is 6.61. The molecule has 4 nitrogen and oxygen atoms in total. The Balaban J connectivity index is 2.06. The molecule has 2 aromatic rings. The third-order valence-corrected chi connectivity index (χ3v) is 4.23. The van der Waals surface area contributed by atoms with Crippen LogP contribution in [0.3, 0.4) is 0 Å². The first kappa shape index (κ1) is 13.2. The molecule has 1 atom stereocenters. The van der Waals surface area contributed by atoms with Crippen LogP contribution < -0.4 is 10.6 Å². The molecule has 3 rings (SSSR count). The fourth-order valence-electron chi connectivity index (χ4n) is 3.21. The van der Waals surface area contributed by atoms with Crippen LogP contribution >= 0.6 is 0 Å². The zero-order valence-corrected chi connectivity index (χ0v) is 11.6. The summed E-state index contributed by atoms with van der Waals surface area (Å²) >= 11 is 0. The Kier molecular flexibility index (Phi) is 3.74. The highest BCUT2D eigenvalue weighted by Gasteiger charge is 2.23. The van der Waals surface area contributed by atoms with Gasteiger partial charge in [-0.05, 0) is 43.9 Å². The summed E-state index contributed by atoms with van der Waals surface area (Å²) in [6.07, 6.45) is 8.08. The number of nitrogen functional groups attached to an aromatic ring is 1. The van der Waals surface area contributed by atoms with Crippen molar-refractivity contribution in [3.63, 3.8) is 0 Å². The number of hydrogen-bond acceptors (Lipinski definition) is 4. The van der Waals surface area contributed by atoms with Crippen LogP contribution in [0, 0.1) is 0 Å². The zero-order chi connectivity index (χ0) is 13.9. The standard InChI is InChI=1S/C16H21N3O/c17-15-4-5-16(13-6-8-18-11-14(13)15)19-9-2-1-3-12(19)7-10-20/h4-6,8,11-12,20H,1-3,7,9-10,17H2. The van der Waals surface area contributed by atoms with E-state index in [4.69, 9.17) is 5.73 Å². The van der Waals surface area contributed by atoms with Crippen molar-refractivity contribution in [2.45, 2.75) is 31.7 Å². The van der Waals surface area contributed by atoms with Gasteiger partial charge in [0.25, 0.3) is 0 Å². The van der Waals surface area contributed by atoms with Crippen LogP contribution in [-0.4, -0.2) is 29.3 Å². The quantitative estimate of drug-likeness (QED) is 0.842. The lowest BCUT2D eigenvalue weighted by Crippen LogP contribution is -2.40. The van der Waals surface area contributed by atoms with Crippen LogP contribution in [0.4, 0.5) is 11.4 Å². The van der Waals surface area contributed by atoms with Gasteiger partial charge in [0.05, 0.1) is 0 Å². The van der Waals surface area contributed by atoms with Crippen LogP contribution in [0.15, 0.2) is 30.6 Å². The number of nitrogens with zero attached hydrogens (tertiary/aromatic N) is 2. The highest BCUT2D eigenvalue weighted by Crippen LogP contribution is 2.34. The molecular weight excluding hydrogens is 250 g/mol. The van der Waals surface area contributed by atoms with Crippen molar-refractivity contribution in [2.75, 3.05) is 23.8 Å². The maximum absolute atomic E-state index is 9.28. The Morgan fingerprint density at radius 1 is 1.25 bits per heavy atom. The van der Waals surface area contributed by atoms with E-state index in [1.807, 2.05) is 24.5 Å². The Labute approximate surface area is 119 Å². The van der Waals surface area contributed by atoms with Crippen molar-refractivity contribution in [1.29, 1.82) is 0 Å². The van der Waals surface area contributed by atoms with Crippen molar-refractivity contribution in [1.82, 2.24) is 4.98 Å². The Hall–Kier alpha value is -1.81. The molecule has 1 saturated heterocycles. The number of aromatic nitrogens is 1. The van der Waals surface area contributed by atoms with E-state index in [1.54, 1.807) is 0 Å². The molecule has 1 fully saturated rings. The molecule has 0 amide bonds. The van der Waals surface area contributed by atoms with Crippen LogP contribution in [-0.2, 0) is 0 Å². The summed E-state index contributed by atoms with van der Waals surface area (Å²) in [5.74, 6) is 0. The number of aliphatic hydroxyl groups is 1. The predicted molar refractivity (Wildman–Crippen MR) is 82.8 cm³/mol. The summed E-state index contributed by atoms with van der Waals surface area (Å²) in [5.41, 5.74) is 8.04. The maximum atomic E-state index is 9.28. The second-order valence-corrected chi connectivity index (χ2v) is 5.45. The van der Waals surface area contributed by atoms with Crippen LogP contribution in [0.25, 0.3) is 10.8 Å². The number of rotatable bonds is 3. The van der Waals surface area contributed by atoms with E-state index in [1.165, 1.54) is 18.5 Å². The summed E-state index contributed by atoms with van der Waals surface area (Å²) in [6, 6.07) is 6.52. The molecular formula is C16H21N3O. The van der Waals surface area contributed by atoms with Crippen LogP contribution in [0.2, 0.25) is 0 Å². The number of fused-ring (bicyclic) bond motifs is 1. The number of nitrogens with two attached hydrogens (primary N) is 1. The lowest BCUT2D eigenvalue weighted by Gasteiger charge is -2.38. The summed E-state index contributed by atoms with van der Waals surface area (Å²) < 4.78 is 0. The lowest BCUT2D eigenvalue weighted by atomic mass is 9.97. The molecule has 1 aromatic carbocycles. The molecule has 106 valence electrons. The monoisotopic (exact) mass is 271 g/mol. The fourth-order valence-corrected chi connectivity index (χ4v) is 3.21. The van der Waals surface area contributed by atoms with E-state index in [-0.39, 0.29) is 6.61 Å². The normalized spacial score (nSPS) is 19.4. The fraction of sp³-hybridized carbons (Fsp3) is 0.438. The van der Waals surface area contributed by atoms with E-state index in [0.29, 0.717) is 6.04 Å². The van der Waals surface area contributed by atoms with Gasteiger partial charge in [0.2, 0.25) is 0 Å². The van der Waals surface area contributed by atoms with Crippen molar-refractivity contribution in [2.24, 2.45) is 0 Å². The number of pyridine rings is 1. The molecule has 2 heterocycles. The second kappa shape index (κ2) is 5.67. The van der Waals surface area contributed by atoms with Gasteiger partial charge in [0.1, 0.15) is 0 Å². The molecule has 0 radical (unpaired) electrons. The minimum Gasteiger partial charge on any atom is -0.398 e. The van der Waals surface area contributed by atoms with Crippen molar-refractivity contribution >= 4 is 22.1 Å². The van der Waals surface area contributed by atoms with Gasteiger partial charge in [0, 0.05) is 53.7 Å². The third kappa shape index (κ3) is 2.31. The number of anilines is 2. The number of benzene rings is 1. The van der Waals surface area contributed by atoms with E-state index in [9.17, 15) is 5.11 Å². The third-order valence-electron chi connectivity index (χ3n) is 4.23. The van der Waals surface area contributed by atoms with E-state index in [2.05, 4.69) is 16.0 Å². The van der Waals surface area contributed by atoms with E-state index < -0.39 is 0 Å². The molecule has 4 heteroatoms. The minimum absolute atomic E-state index is 0.246. The predicted octanol–water partition coefficient (Wildman–Crippen LogP) is 2.56. The van der Waals surface area contributed by atoms with Gasteiger partial charge in [-0.2, -0.15) is 0 Å². The lowest BCUT2D eigenvalue weighted by molar-refractivity contribution is 0.262. The largest absolute Gasteiger partial charge is 0.398 e. The molecule has 0 saturated carbocycles. The van der Waals surface area contributed by atoms with Crippen LogP contribution in [0.1, 0.15) is 25.7 Å². The molecule has 1 aromatic heterocycles. The maximum Gasteiger partial charge on any atom is 0.0451 e. The molecule has 0 aliphatic carbocycles. The van der Waals surface area contributed by atoms with Gasteiger partial charge < -0.3 is 15.7 Å². The van der Waals surface area contributed by atoms with Gasteiger partial charge in [-0.3, -0.25) is 4.98 Å². The SMILES string of the molecule is Nc1ccc(N2CCCCC2CCO)c2ccncc12. The van der Waals surface area contributed by atoms with Gasteiger partial charge >= 0.3 is 0 Å². The van der Waals surface area contributed by atoms with Crippen molar-refractivity contribution in [3.8, 4) is 0 Å². The van der Waals surface area contributed by atoms with Gasteiger partial charge in [-0.15, -0.1) is 0 Å². The number of piperidine rings is 1. The first-order chi connectivity index (χ1) is 9.81. The highest BCUT2D eigenvalue weighted by atomic mass is 16.3. The Morgan fingerprint density at radius 3 is 3.00 bits per heavy atom. The molecule has 20 heavy (non-hydrogen) atoms. The topological polar surface area (TPSA) is 62.4 Å².